The van der Waals surface area contributed by atoms with Gasteiger partial charge in [0.25, 0.3) is 5.91 Å². The predicted molar refractivity (Wildman–Crippen MR) is 128 cm³/mol. The van der Waals surface area contributed by atoms with Crippen molar-refractivity contribution in [3.05, 3.63) is 114 Å². The molecule has 1 atom stereocenters. The van der Waals surface area contributed by atoms with Crippen LogP contribution in [0.15, 0.2) is 97.1 Å². The largest absolute Gasteiger partial charge is 0.489 e. The fourth-order valence-electron chi connectivity index (χ4n) is 3.70. The van der Waals surface area contributed by atoms with Crippen LogP contribution in [0.5, 0.6) is 5.75 Å². The third-order valence-electron chi connectivity index (χ3n) is 5.58. The number of amides is 1. The highest BCUT2D eigenvalue weighted by atomic mass is 16.5. The number of carbonyl (C=O) groups is 2. The molecular formula is C28H25NO4. The number of aliphatic carboxylic acids is 1. The van der Waals surface area contributed by atoms with Crippen LogP contribution >= 0.6 is 0 Å². The number of benzene rings is 4. The Morgan fingerprint density at radius 2 is 1.42 bits per heavy atom. The number of ether oxygens (including phenoxy) is 1. The van der Waals surface area contributed by atoms with Gasteiger partial charge in [0.1, 0.15) is 17.9 Å². The Morgan fingerprint density at radius 1 is 0.818 bits per heavy atom. The quantitative estimate of drug-likeness (QED) is 0.394. The van der Waals surface area contributed by atoms with E-state index in [0.717, 1.165) is 27.6 Å². The van der Waals surface area contributed by atoms with E-state index in [2.05, 4.69) is 5.32 Å². The Bertz CT molecular complexity index is 1270. The van der Waals surface area contributed by atoms with E-state index in [1.54, 1.807) is 12.1 Å². The van der Waals surface area contributed by atoms with Gasteiger partial charge >= 0.3 is 5.97 Å². The summed E-state index contributed by atoms with van der Waals surface area (Å²) in [6.07, 6.45) is 0.185. The zero-order chi connectivity index (χ0) is 23.3. The molecule has 0 spiro atoms. The van der Waals surface area contributed by atoms with Crippen LogP contribution < -0.4 is 10.1 Å². The maximum atomic E-state index is 12.9. The van der Waals surface area contributed by atoms with Gasteiger partial charge < -0.3 is 15.2 Å². The van der Waals surface area contributed by atoms with E-state index in [9.17, 15) is 14.7 Å². The molecule has 0 aliphatic rings. The summed E-state index contributed by atoms with van der Waals surface area (Å²) in [5, 5.41) is 14.3. The van der Waals surface area contributed by atoms with E-state index in [1.807, 2.05) is 84.9 Å². The smallest absolute Gasteiger partial charge is 0.329 e. The van der Waals surface area contributed by atoms with Gasteiger partial charge in [0.2, 0.25) is 0 Å². The summed E-state index contributed by atoms with van der Waals surface area (Å²) in [6, 6.07) is 30.2. The van der Waals surface area contributed by atoms with Gasteiger partial charge in [-0.1, -0.05) is 72.8 Å². The van der Waals surface area contributed by atoms with Crippen LogP contribution in [-0.4, -0.2) is 22.5 Å². The van der Waals surface area contributed by atoms with Crippen molar-refractivity contribution in [2.24, 2.45) is 0 Å². The molecule has 1 unspecified atom stereocenters. The molecule has 0 aromatic heterocycles. The zero-order valence-electron chi connectivity index (χ0n) is 18.3. The SMILES string of the molecule is CC(Cc1ccccc1)(NC(=O)c1ccc2cc(OCc3ccccc3)ccc2c1)C(=O)O. The molecule has 0 fully saturated rings. The van der Waals surface area contributed by atoms with Gasteiger partial charge in [-0.2, -0.15) is 0 Å². The minimum Gasteiger partial charge on any atom is -0.489 e. The first kappa shape index (κ1) is 22.1. The first-order chi connectivity index (χ1) is 15.9. The summed E-state index contributed by atoms with van der Waals surface area (Å²) < 4.78 is 5.88. The molecule has 0 radical (unpaired) electrons. The lowest BCUT2D eigenvalue weighted by Gasteiger charge is -2.26. The first-order valence-electron chi connectivity index (χ1n) is 10.7. The molecule has 5 nitrogen and oxygen atoms in total. The lowest BCUT2D eigenvalue weighted by Crippen LogP contribution is -2.53. The van der Waals surface area contributed by atoms with Crippen LogP contribution in [0.1, 0.15) is 28.4 Å². The van der Waals surface area contributed by atoms with Crippen molar-refractivity contribution in [1.29, 1.82) is 0 Å². The van der Waals surface area contributed by atoms with Crippen molar-refractivity contribution in [2.75, 3.05) is 0 Å². The molecule has 0 saturated carbocycles. The lowest BCUT2D eigenvalue weighted by molar-refractivity contribution is -0.143. The minimum atomic E-state index is -1.43. The number of fused-ring (bicyclic) bond motifs is 1. The fourth-order valence-corrected chi connectivity index (χ4v) is 3.70. The number of hydrogen-bond acceptors (Lipinski definition) is 3. The Balaban J connectivity index is 1.49. The summed E-state index contributed by atoms with van der Waals surface area (Å²) in [6.45, 7) is 2.00. The van der Waals surface area contributed by atoms with E-state index in [0.29, 0.717) is 12.2 Å². The van der Waals surface area contributed by atoms with Crippen LogP contribution in [0.3, 0.4) is 0 Å². The molecule has 33 heavy (non-hydrogen) atoms. The van der Waals surface area contributed by atoms with Crippen molar-refractivity contribution in [3.8, 4) is 5.75 Å². The lowest BCUT2D eigenvalue weighted by atomic mass is 9.92. The van der Waals surface area contributed by atoms with Gasteiger partial charge in [-0.05, 0) is 53.1 Å². The molecule has 4 aromatic rings. The van der Waals surface area contributed by atoms with Crippen LogP contribution in [0.4, 0.5) is 0 Å². The average molecular weight is 440 g/mol. The van der Waals surface area contributed by atoms with Gasteiger partial charge in [-0.25, -0.2) is 4.79 Å². The van der Waals surface area contributed by atoms with Gasteiger partial charge in [-0.3, -0.25) is 4.79 Å². The monoisotopic (exact) mass is 439 g/mol. The molecule has 1 amide bonds. The fraction of sp³-hybridized carbons (Fsp3) is 0.143. The van der Waals surface area contributed by atoms with Gasteiger partial charge in [0.15, 0.2) is 0 Å². The van der Waals surface area contributed by atoms with E-state index in [-0.39, 0.29) is 6.42 Å². The summed E-state index contributed by atoms with van der Waals surface area (Å²) in [5.41, 5.74) is 0.898. The number of nitrogens with one attached hydrogen (secondary N) is 1. The normalized spacial score (nSPS) is 12.6. The summed E-state index contributed by atoms with van der Waals surface area (Å²) in [5.74, 6) is -0.771. The van der Waals surface area contributed by atoms with Crippen LogP contribution in [0, 0.1) is 0 Å². The molecule has 0 bridgehead atoms. The second kappa shape index (κ2) is 9.57. The summed E-state index contributed by atoms with van der Waals surface area (Å²) >= 11 is 0. The van der Waals surface area contributed by atoms with Gasteiger partial charge in [0.05, 0.1) is 0 Å². The van der Waals surface area contributed by atoms with Crippen molar-refractivity contribution >= 4 is 22.6 Å². The molecule has 5 heteroatoms. The van der Waals surface area contributed by atoms with Crippen molar-refractivity contribution in [1.82, 2.24) is 5.32 Å². The van der Waals surface area contributed by atoms with Crippen LogP contribution in [0.25, 0.3) is 10.8 Å². The Morgan fingerprint density at radius 3 is 2.09 bits per heavy atom. The molecular weight excluding hydrogens is 414 g/mol. The second-order valence-electron chi connectivity index (χ2n) is 8.25. The highest BCUT2D eigenvalue weighted by Crippen LogP contribution is 2.24. The molecule has 0 aliphatic heterocycles. The van der Waals surface area contributed by atoms with Crippen LogP contribution in [0.2, 0.25) is 0 Å². The molecule has 4 aromatic carbocycles. The number of carboxylic acids is 1. The summed E-state index contributed by atoms with van der Waals surface area (Å²) in [4.78, 5) is 24.9. The van der Waals surface area contributed by atoms with E-state index >= 15 is 0 Å². The Hall–Kier alpha value is -4.12. The summed E-state index contributed by atoms with van der Waals surface area (Å²) in [7, 11) is 0. The predicted octanol–water partition coefficient (Wildman–Crippen LogP) is 5.23. The third kappa shape index (κ3) is 5.39. The van der Waals surface area contributed by atoms with Crippen LogP contribution in [-0.2, 0) is 17.8 Å². The maximum Gasteiger partial charge on any atom is 0.329 e. The zero-order valence-corrected chi connectivity index (χ0v) is 18.3. The molecule has 0 aliphatic carbocycles. The second-order valence-corrected chi connectivity index (χ2v) is 8.25. The topological polar surface area (TPSA) is 75.6 Å². The standard InChI is InChI=1S/C28H25NO4/c1-28(27(31)32,18-20-8-4-2-5-9-20)29-26(30)24-13-12-23-17-25(15-14-22(23)16-24)33-19-21-10-6-3-7-11-21/h2-17H,18-19H2,1H3,(H,29,30)(H,31,32). The number of carbonyl (C=O) groups excluding carboxylic acids is 1. The maximum absolute atomic E-state index is 12.9. The number of rotatable bonds is 8. The first-order valence-corrected chi connectivity index (χ1v) is 10.7. The van der Waals surface area contributed by atoms with Crippen molar-refractivity contribution in [2.45, 2.75) is 25.5 Å². The number of carboxylic acid groups (broad SMARTS) is 1. The van der Waals surface area contributed by atoms with Crippen molar-refractivity contribution < 1.29 is 19.4 Å². The van der Waals surface area contributed by atoms with E-state index in [4.69, 9.17) is 4.74 Å². The minimum absolute atomic E-state index is 0.185. The average Bonchev–Trinajstić information content (AvgIpc) is 2.83. The van der Waals surface area contributed by atoms with E-state index < -0.39 is 17.4 Å². The molecule has 0 heterocycles. The highest BCUT2D eigenvalue weighted by Gasteiger charge is 2.35. The highest BCUT2D eigenvalue weighted by molar-refractivity contribution is 6.01. The molecule has 0 saturated heterocycles. The number of hydrogen-bond donors (Lipinski definition) is 2. The Kier molecular flexibility index (Phi) is 6.41. The molecule has 2 N–H and O–H groups in total. The Labute approximate surface area is 192 Å². The molecule has 4 rings (SSSR count). The van der Waals surface area contributed by atoms with Gasteiger partial charge in [-0.15, -0.1) is 0 Å². The van der Waals surface area contributed by atoms with Crippen molar-refractivity contribution in [3.63, 3.8) is 0 Å². The van der Waals surface area contributed by atoms with Gasteiger partial charge in [0, 0.05) is 12.0 Å². The third-order valence-corrected chi connectivity index (χ3v) is 5.58. The molecule has 166 valence electrons. The van der Waals surface area contributed by atoms with E-state index in [1.165, 1.54) is 6.92 Å².